The summed E-state index contributed by atoms with van der Waals surface area (Å²) in [4.78, 5) is 16.0. The van der Waals surface area contributed by atoms with Gasteiger partial charge < -0.3 is 0 Å². The molecule has 0 fully saturated rings. The molecule has 344 valence electrons. The van der Waals surface area contributed by atoms with Crippen molar-refractivity contribution in [3.05, 3.63) is 211 Å². The number of alkyl halides is 6. The van der Waals surface area contributed by atoms with E-state index in [0.717, 1.165) is 146 Å². The van der Waals surface area contributed by atoms with E-state index >= 15 is 22.4 Å². The molecule has 0 saturated carbocycles. The number of carbonyl (C=O) groups excluding carboxylic acids is 1. The van der Waals surface area contributed by atoms with Gasteiger partial charge in [0, 0.05) is 0 Å². The average Bonchev–Trinajstić information content (AvgIpc) is 3.31. The first-order valence-corrected chi connectivity index (χ1v) is 26.0. The second kappa shape index (κ2) is 16.8. The van der Waals surface area contributed by atoms with Crippen molar-refractivity contribution in [3.8, 4) is 0 Å². The van der Waals surface area contributed by atoms with Crippen LogP contribution >= 0.6 is 13.7 Å². The maximum atomic E-state index is 18.2. The predicted molar refractivity (Wildman–Crippen MR) is 233 cm³/mol. The van der Waals surface area contributed by atoms with E-state index in [1.807, 2.05) is 0 Å². The van der Waals surface area contributed by atoms with Crippen molar-refractivity contribution in [2.45, 2.75) is 11.0 Å². The molecule has 0 atom stereocenters. The van der Waals surface area contributed by atoms with E-state index in [0.29, 0.717) is 0 Å². The van der Waals surface area contributed by atoms with Crippen LogP contribution in [0.1, 0.15) is 10.4 Å². The number of benzene rings is 7. The van der Waals surface area contributed by atoms with E-state index in [2.05, 4.69) is 0 Å². The molecular formula is C45H30F10O7P2S2. The molecule has 0 N–H and O–H groups in total. The standard InChI is InChI=1S/C45H30F10O7P2S2/c46-38-37(43(56)64(34-25-13-4-14-26-34,35-27-15-5-16-28-35,36-29-17-6-18-30-36)62-66(59,60)45(53,54)55)39(47)41(49)42(40(38)48)63(31-19-7-1-8-20-31,32-21-9-2-10-22-32,33-23-11-3-12-24-33)61-65(57,58)44(50,51)52/h1-30H. The van der Waals surface area contributed by atoms with Gasteiger partial charge in [0.1, 0.15) is 0 Å². The molecule has 7 aromatic rings. The minimum atomic E-state index is -7.14. The Morgan fingerprint density at radius 1 is 0.379 bits per heavy atom. The summed E-state index contributed by atoms with van der Waals surface area (Å²) in [5.41, 5.74) is -17.6. The maximum absolute atomic E-state index is 18.2. The van der Waals surface area contributed by atoms with Gasteiger partial charge in [-0.3, -0.25) is 0 Å². The van der Waals surface area contributed by atoms with Crippen molar-refractivity contribution < 1.29 is 73.5 Å². The van der Waals surface area contributed by atoms with Gasteiger partial charge in [-0.25, -0.2) is 0 Å². The molecule has 0 aliphatic heterocycles. The van der Waals surface area contributed by atoms with E-state index < -0.39 is 116 Å². The van der Waals surface area contributed by atoms with E-state index in [9.17, 15) is 43.2 Å². The first-order valence-electron chi connectivity index (χ1n) is 18.9. The minimum absolute atomic E-state index is 0.790. The van der Waals surface area contributed by atoms with Crippen LogP contribution in [0.3, 0.4) is 0 Å². The van der Waals surface area contributed by atoms with Crippen molar-refractivity contribution >= 4 is 76.6 Å². The number of hydrogen-bond acceptors (Lipinski definition) is 7. The van der Waals surface area contributed by atoms with Gasteiger partial charge in [-0.15, -0.1) is 0 Å². The third-order valence-corrected chi connectivity index (χ3v) is 25.9. The topological polar surface area (TPSA) is 104 Å². The normalized spacial score (nSPS) is 14.1. The molecule has 0 unspecified atom stereocenters. The number of rotatable bonds is 13. The van der Waals surface area contributed by atoms with Gasteiger partial charge in [-0.1, -0.05) is 0 Å². The number of carbonyl (C=O) groups is 1. The van der Waals surface area contributed by atoms with E-state index in [-0.39, 0.29) is 0 Å². The van der Waals surface area contributed by atoms with Crippen molar-refractivity contribution in [3.63, 3.8) is 0 Å². The Morgan fingerprint density at radius 2 is 0.621 bits per heavy atom. The number of halogens is 10. The molecule has 7 nitrogen and oxygen atoms in total. The summed E-state index contributed by atoms with van der Waals surface area (Å²) in [6.07, 6.45) is 0. The molecule has 0 aromatic heterocycles. The fraction of sp³-hybridized carbons (Fsp3) is 0.0444. The molecule has 7 aromatic carbocycles. The number of hydrogen-bond donors (Lipinski definition) is 0. The fourth-order valence-electron chi connectivity index (χ4n) is 8.11. The summed E-state index contributed by atoms with van der Waals surface area (Å²) in [6, 6.07) is 31.4. The SMILES string of the molecule is O=C(c1c(F)c(F)c(P(OS(=O)(=O)C(F)(F)F)(c2ccccc2)(c2ccccc2)c2ccccc2)c(F)c1F)P(OS(=O)(=O)C(F)(F)F)(c1ccccc1)(c1ccccc1)c1ccccc1. The average molecular weight is 999 g/mol. The summed E-state index contributed by atoms with van der Waals surface area (Å²) >= 11 is 0. The third-order valence-electron chi connectivity index (χ3n) is 10.8. The first kappa shape index (κ1) is 48.1. The van der Waals surface area contributed by atoms with Crippen molar-refractivity contribution in [1.82, 2.24) is 0 Å². The van der Waals surface area contributed by atoms with E-state index in [4.69, 9.17) is 7.94 Å². The molecule has 0 aliphatic carbocycles. The van der Waals surface area contributed by atoms with Crippen LogP contribution in [-0.2, 0) is 28.2 Å². The van der Waals surface area contributed by atoms with Crippen LogP contribution in [-0.4, -0.2) is 33.4 Å². The fourth-order valence-corrected chi connectivity index (χ4v) is 23.8. The van der Waals surface area contributed by atoms with Crippen LogP contribution in [0, 0.1) is 23.3 Å². The molecule has 0 radical (unpaired) electrons. The van der Waals surface area contributed by atoms with E-state index in [1.54, 1.807) is 0 Å². The van der Waals surface area contributed by atoms with Gasteiger partial charge in [0.15, 0.2) is 0 Å². The molecule has 0 aliphatic rings. The summed E-state index contributed by atoms with van der Waals surface area (Å²) in [6.45, 7) is -14.2. The van der Waals surface area contributed by atoms with Crippen molar-refractivity contribution in [2.24, 2.45) is 0 Å². The molecule has 7 rings (SSSR count). The van der Waals surface area contributed by atoms with Crippen LogP contribution in [0.2, 0.25) is 0 Å². The monoisotopic (exact) mass is 998 g/mol. The van der Waals surface area contributed by atoms with Gasteiger partial charge in [0.05, 0.1) is 0 Å². The van der Waals surface area contributed by atoms with Gasteiger partial charge >= 0.3 is 372 Å². The molecule has 0 saturated heterocycles. The Labute approximate surface area is 370 Å². The Morgan fingerprint density at radius 3 is 0.879 bits per heavy atom. The molecular weight excluding hydrogens is 969 g/mol. The summed E-state index contributed by atoms with van der Waals surface area (Å²) in [5, 5.41) is -6.88. The van der Waals surface area contributed by atoms with E-state index in [1.165, 1.54) is 36.4 Å². The second-order valence-corrected chi connectivity index (χ2v) is 26.3. The molecule has 0 spiro atoms. The molecule has 21 heteroatoms. The van der Waals surface area contributed by atoms with Gasteiger partial charge in [-0.05, 0) is 0 Å². The first-order chi connectivity index (χ1) is 31.0. The zero-order chi connectivity index (χ0) is 48.0. The van der Waals surface area contributed by atoms with Crippen LogP contribution < -0.4 is 37.1 Å². The Balaban J connectivity index is 1.78. The van der Waals surface area contributed by atoms with Gasteiger partial charge in [0.2, 0.25) is 0 Å². The Bertz CT molecular complexity index is 2940. The van der Waals surface area contributed by atoms with Crippen LogP contribution in [0.4, 0.5) is 43.9 Å². The van der Waals surface area contributed by atoms with Crippen LogP contribution in [0.15, 0.2) is 182 Å². The Kier molecular flexibility index (Phi) is 12.3. The summed E-state index contributed by atoms with van der Waals surface area (Å²) in [5.74, 6) is -11.1. The molecule has 0 heterocycles. The third kappa shape index (κ3) is 6.89. The Hall–Kier alpha value is -5.81. The molecule has 0 amide bonds. The van der Waals surface area contributed by atoms with Crippen molar-refractivity contribution in [1.29, 1.82) is 0 Å². The second-order valence-electron chi connectivity index (χ2n) is 14.3. The summed E-state index contributed by atoms with van der Waals surface area (Å²) < 4.78 is 226. The van der Waals surface area contributed by atoms with Gasteiger partial charge in [-0.2, -0.15) is 0 Å². The zero-order valence-electron chi connectivity index (χ0n) is 33.2. The quantitative estimate of drug-likeness (QED) is 0.0494. The van der Waals surface area contributed by atoms with Crippen LogP contribution in [0.25, 0.3) is 0 Å². The molecule has 66 heavy (non-hydrogen) atoms. The van der Waals surface area contributed by atoms with Gasteiger partial charge in [0.25, 0.3) is 0 Å². The summed E-state index contributed by atoms with van der Waals surface area (Å²) in [7, 11) is -14.3. The van der Waals surface area contributed by atoms with Crippen molar-refractivity contribution in [2.75, 3.05) is 0 Å². The van der Waals surface area contributed by atoms with Crippen LogP contribution in [0.5, 0.6) is 0 Å². The predicted octanol–water partition coefficient (Wildman–Crippen LogP) is 8.63. The zero-order valence-corrected chi connectivity index (χ0v) is 36.6. The molecule has 0 bridgehead atoms.